The molecule has 0 aromatic heterocycles. The van der Waals surface area contributed by atoms with Crippen LogP contribution in [-0.2, 0) is 9.16 Å². The highest BCUT2D eigenvalue weighted by atomic mass is 28.4. The topological polar surface area (TPSA) is 79.2 Å². The molecule has 0 amide bonds. The highest BCUT2D eigenvalue weighted by Gasteiger charge is 2.51. The first-order chi connectivity index (χ1) is 14.2. The number of benzene rings is 2. The third-order valence-electron chi connectivity index (χ3n) is 5.97. The van der Waals surface area contributed by atoms with E-state index in [0.717, 1.165) is 0 Å². The van der Waals surface area contributed by atoms with Crippen LogP contribution in [0.5, 0.6) is 0 Å². The van der Waals surface area contributed by atoms with Crippen molar-refractivity contribution < 1.29 is 24.5 Å². The van der Waals surface area contributed by atoms with Crippen molar-refractivity contribution in [3.05, 3.63) is 60.7 Å². The van der Waals surface area contributed by atoms with E-state index in [-0.39, 0.29) is 17.7 Å². The average molecular weight is 431 g/mol. The van der Waals surface area contributed by atoms with Gasteiger partial charge in [0, 0.05) is 12.5 Å². The zero-order valence-corrected chi connectivity index (χ0v) is 19.2. The molecule has 1 aliphatic rings. The van der Waals surface area contributed by atoms with Crippen molar-refractivity contribution in [1.29, 1.82) is 0 Å². The molecule has 0 radical (unpaired) electrons. The van der Waals surface area contributed by atoms with Crippen LogP contribution in [0.25, 0.3) is 0 Å². The molecule has 1 heterocycles. The third-order valence-corrected chi connectivity index (χ3v) is 11.1. The Kier molecular flexibility index (Phi) is 7.17. The van der Waals surface area contributed by atoms with E-state index < -0.39 is 32.7 Å². The normalized spacial score (nSPS) is 26.4. The third kappa shape index (κ3) is 4.54. The Morgan fingerprint density at radius 3 is 1.90 bits per heavy atom. The van der Waals surface area contributed by atoms with Crippen LogP contribution in [0.1, 0.15) is 34.1 Å². The Hall–Kier alpha value is -1.54. The number of aliphatic hydroxyl groups is 3. The van der Waals surface area contributed by atoms with Crippen LogP contribution in [0.2, 0.25) is 5.04 Å². The molecule has 1 fully saturated rings. The van der Waals surface area contributed by atoms with Gasteiger partial charge in [-0.3, -0.25) is 0 Å². The van der Waals surface area contributed by atoms with Gasteiger partial charge in [0.2, 0.25) is 0 Å². The predicted octanol–water partition coefficient (Wildman–Crippen LogP) is 1.82. The van der Waals surface area contributed by atoms with Crippen LogP contribution in [0, 0.1) is 0 Å². The lowest BCUT2D eigenvalue weighted by molar-refractivity contribution is -0.192. The van der Waals surface area contributed by atoms with Crippen molar-refractivity contribution in [2.45, 2.75) is 69.7 Å². The van der Waals surface area contributed by atoms with Gasteiger partial charge in [-0.2, -0.15) is 0 Å². The molecular formula is C24H34O5Si. The number of ether oxygens (including phenoxy) is 1. The molecule has 3 rings (SSSR count). The van der Waals surface area contributed by atoms with Gasteiger partial charge in [0.1, 0.15) is 18.3 Å². The summed E-state index contributed by atoms with van der Waals surface area (Å²) in [7, 11) is -2.70. The maximum absolute atomic E-state index is 10.4. The smallest absolute Gasteiger partial charge is 0.261 e. The minimum atomic E-state index is -2.70. The Morgan fingerprint density at radius 2 is 1.43 bits per heavy atom. The maximum atomic E-state index is 10.4. The molecule has 0 aliphatic carbocycles. The largest absolute Gasteiger partial charge is 0.405 e. The van der Waals surface area contributed by atoms with E-state index in [9.17, 15) is 15.3 Å². The van der Waals surface area contributed by atoms with Gasteiger partial charge in [-0.05, 0) is 22.3 Å². The summed E-state index contributed by atoms with van der Waals surface area (Å²) in [5.74, 6) is 0. The van der Waals surface area contributed by atoms with Crippen molar-refractivity contribution in [3.63, 3.8) is 0 Å². The second kappa shape index (κ2) is 9.30. The van der Waals surface area contributed by atoms with Crippen LogP contribution in [-0.4, -0.2) is 60.8 Å². The van der Waals surface area contributed by atoms with Crippen LogP contribution >= 0.6 is 0 Å². The van der Waals surface area contributed by atoms with Gasteiger partial charge in [-0.1, -0.05) is 81.4 Å². The SMILES string of the molecule is CC(C[C@@H]1OC[C@@H](O)[C@@H](O)[C@H]1O)O[Si](c1ccccc1)(c1ccccc1)C(C)(C)C. The van der Waals surface area contributed by atoms with E-state index in [1.807, 2.05) is 43.3 Å². The Morgan fingerprint density at radius 1 is 0.933 bits per heavy atom. The minimum Gasteiger partial charge on any atom is -0.405 e. The summed E-state index contributed by atoms with van der Waals surface area (Å²) in [6.45, 7) is 8.66. The van der Waals surface area contributed by atoms with Gasteiger partial charge in [0.15, 0.2) is 0 Å². The van der Waals surface area contributed by atoms with E-state index in [1.165, 1.54) is 10.4 Å². The van der Waals surface area contributed by atoms with Crippen molar-refractivity contribution in [2.75, 3.05) is 6.61 Å². The monoisotopic (exact) mass is 430 g/mol. The standard InChI is InChI=1S/C24H34O5Si/c1-17(15-21-23(27)22(26)20(25)16-28-21)29-30(24(2,3)4,18-11-7-5-8-12-18)19-13-9-6-10-14-19/h5-14,17,20-23,25-27H,15-16H2,1-4H3/t17?,20-,21+,22-,23+/m1/s1. The summed E-state index contributed by atoms with van der Waals surface area (Å²) in [6, 6.07) is 20.8. The summed E-state index contributed by atoms with van der Waals surface area (Å²) in [4.78, 5) is 0. The van der Waals surface area contributed by atoms with Gasteiger partial charge in [-0.15, -0.1) is 0 Å². The van der Waals surface area contributed by atoms with E-state index in [2.05, 4.69) is 45.0 Å². The molecule has 1 unspecified atom stereocenters. The lowest BCUT2D eigenvalue weighted by atomic mass is 9.96. The molecule has 0 spiro atoms. The fourth-order valence-corrected chi connectivity index (χ4v) is 9.16. The number of hydrogen-bond donors (Lipinski definition) is 3. The molecule has 2 aromatic carbocycles. The number of hydrogen-bond acceptors (Lipinski definition) is 5. The first-order valence-corrected chi connectivity index (χ1v) is 12.5. The molecule has 3 N–H and O–H groups in total. The Balaban J connectivity index is 1.95. The molecule has 0 saturated carbocycles. The molecule has 5 atom stereocenters. The molecule has 164 valence electrons. The molecule has 1 saturated heterocycles. The highest BCUT2D eigenvalue weighted by molar-refractivity contribution is 6.99. The van der Waals surface area contributed by atoms with Crippen LogP contribution in [0.4, 0.5) is 0 Å². The predicted molar refractivity (Wildman–Crippen MR) is 121 cm³/mol. The van der Waals surface area contributed by atoms with Crippen LogP contribution < -0.4 is 10.4 Å². The van der Waals surface area contributed by atoms with Crippen molar-refractivity contribution >= 4 is 18.7 Å². The molecule has 5 nitrogen and oxygen atoms in total. The van der Waals surface area contributed by atoms with Crippen molar-refractivity contribution in [1.82, 2.24) is 0 Å². The van der Waals surface area contributed by atoms with Gasteiger partial charge < -0.3 is 24.5 Å². The van der Waals surface area contributed by atoms with Crippen molar-refractivity contribution in [3.8, 4) is 0 Å². The van der Waals surface area contributed by atoms with E-state index in [4.69, 9.17) is 9.16 Å². The second-order valence-corrected chi connectivity index (χ2v) is 13.5. The Labute approximate surface area is 180 Å². The molecule has 6 heteroatoms. The first-order valence-electron chi connectivity index (χ1n) is 10.6. The van der Waals surface area contributed by atoms with Crippen LogP contribution in [0.15, 0.2) is 60.7 Å². The van der Waals surface area contributed by atoms with E-state index in [0.29, 0.717) is 6.42 Å². The van der Waals surface area contributed by atoms with Gasteiger partial charge in [0.25, 0.3) is 8.32 Å². The second-order valence-electron chi connectivity index (χ2n) is 9.25. The molecule has 30 heavy (non-hydrogen) atoms. The maximum Gasteiger partial charge on any atom is 0.261 e. The number of rotatable bonds is 6. The fourth-order valence-electron chi connectivity index (χ4n) is 4.44. The summed E-state index contributed by atoms with van der Waals surface area (Å²) < 4.78 is 12.6. The minimum absolute atomic E-state index is 0.00876. The average Bonchev–Trinajstić information content (AvgIpc) is 2.73. The highest BCUT2D eigenvalue weighted by Crippen LogP contribution is 2.38. The molecule has 1 aliphatic heterocycles. The van der Waals surface area contributed by atoms with E-state index in [1.54, 1.807) is 0 Å². The number of aliphatic hydroxyl groups excluding tert-OH is 3. The van der Waals surface area contributed by atoms with Crippen molar-refractivity contribution in [2.24, 2.45) is 0 Å². The summed E-state index contributed by atoms with van der Waals surface area (Å²) in [5.41, 5.74) is 0. The molecule has 0 bridgehead atoms. The quantitative estimate of drug-likeness (QED) is 0.610. The van der Waals surface area contributed by atoms with Crippen LogP contribution in [0.3, 0.4) is 0 Å². The zero-order valence-electron chi connectivity index (χ0n) is 18.2. The molecule has 2 aromatic rings. The fraction of sp³-hybridized carbons (Fsp3) is 0.500. The van der Waals surface area contributed by atoms with Gasteiger partial charge in [-0.25, -0.2) is 0 Å². The van der Waals surface area contributed by atoms with Gasteiger partial charge in [0.05, 0.1) is 12.7 Å². The first kappa shape index (κ1) is 23.1. The van der Waals surface area contributed by atoms with Gasteiger partial charge >= 0.3 is 0 Å². The molecular weight excluding hydrogens is 396 g/mol. The summed E-state index contributed by atoms with van der Waals surface area (Å²) in [5, 5.41) is 32.4. The Bertz CT molecular complexity index is 753. The summed E-state index contributed by atoms with van der Waals surface area (Å²) >= 11 is 0. The zero-order chi connectivity index (χ0) is 21.9. The summed E-state index contributed by atoms with van der Waals surface area (Å²) in [6.07, 6.45) is -3.79. The van der Waals surface area contributed by atoms with E-state index >= 15 is 0 Å². The lowest BCUT2D eigenvalue weighted by Gasteiger charge is -2.45. The lowest BCUT2D eigenvalue weighted by Crippen LogP contribution is -2.67.